The minimum atomic E-state index is -0.773. The minimum Gasteiger partial charge on any atom is -0.469 e. The SMILES string of the molecule is CCCCC(=O)N(C)C(CC(OC(=O)NC)c1nc(C(=O)N[C@@H](Cc2ccc(N)cc2)CC(C)C(=O)OC)cs1)C(C)C.CN1CCCC[C@@H]1C(N)=O. The number of anilines is 1. The van der Waals surface area contributed by atoms with Crippen LogP contribution in [0.5, 0.6) is 0 Å². The van der Waals surface area contributed by atoms with Crippen LogP contribution in [0.15, 0.2) is 29.6 Å². The van der Waals surface area contributed by atoms with E-state index in [2.05, 4.69) is 15.6 Å². The summed E-state index contributed by atoms with van der Waals surface area (Å²) in [5.74, 6) is -1.27. The first-order valence-corrected chi connectivity index (χ1v) is 19.3. The summed E-state index contributed by atoms with van der Waals surface area (Å²) in [6.07, 6.45) is 5.19. The van der Waals surface area contributed by atoms with E-state index in [1.54, 1.807) is 36.4 Å². The summed E-state index contributed by atoms with van der Waals surface area (Å²) >= 11 is 1.21. The fourth-order valence-corrected chi connectivity index (χ4v) is 7.10. The van der Waals surface area contributed by atoms with E-state index in [0.717, 1.165) is 37.8 Å². The average molecular weight is 760 g/mol. The number of carbonyl (C=O) groups excluding carboxylic acids is 5. The monoisotopic (exact) mass is 759 g/mol. The van der Waals surface area contributed by atoms with Crippen LogP contribution >= 0.6 is 11.3 Å². The molecule has 1 saturated heterocycles. The summed E-state index contributed by atoms with van der Waals surface area (Å²) in [4.78, 5) is 69.7. The van der Waals surface area contributed by atoms with Crippen LogP contribution in [-0.4, -0.2) is 97.5 Å². The van der Waals surface area contributed by atoms with Gasteiger partial charge in [0, 0.05) is 50.1 Å². The van der Waals surface area contributed by atoms with E-state index < -0.39 is 24.0 Å². The van der Waals surface area contributed by atoms with Crippen molar-refractivity contribution in [2.45, 2.75) is 110 Å². The van der Waals surface area contributed by atoms with Gasteiger partial charge in [0.05, 0.1) is 19.1 Å². The van der Waals surface area contributed by atoms with Crippen molar-refractivity contribution in [3.05, 3.63) is 45.9 Å². The highest BCUT2D eigenvalue weighted by molar-refractivity contribution is 7.09. The van der Waals surface area contributed by atoms with E-state index in [0.29, 0.717) is 36.4 Å². The molecule has 1 aliphatic rings. The Bertz CT molecular complexity index is 1470. The van der Waals surface area contributed by atoms with Crippen LogP contribution in [0.3, 0.4) is 0 Å². The normalized spacial score (nSPS) is 16.6. The van der Waals surface area contributed by atoms with E-state index in [1.807, 2.05) is 44.9 Å². The Hall–Kier alpha value is -4.24. The first-order chi connectivity index (χ1) is 25.1. The number of hydrogen-bond acceptors (Lipinski definition) is 11. The van der Waals surface area contributed by atoms with Gasteiger partial charge in [-0.3, -0.25) is 24.1 Å². The lowest BCUT2D eigenvalue weighted by Gasteiger charge is -2.33. The van der Waals surface area contributed by atoms with Crippen LogP contribution in [0.25, 0.3) is 0 Å². The second kappa shape index (κ2) is 22.7. The molecule has 6 N–H and O–H groups in total. The number of aromatic nitrogens is 1. The molecule has 53 heavy (non-hydrogen) atoms. The molecule has 14 nitrogen and oxygen atoms in total. The standard InChI is InChI=1S/C31H47N5O6S.C7H14N2O/c1-8-9-10-27(37)36(6)25(19(2)3)17-26(42-31(40)33-5)29-35-24(18-43-29)28(38)34-23(15-20(4)30(39)41-7)16-21-11-13-22(32)14-12-21;1-9-5-3-2-4-6(9)7(8)10/h11-14,18-20,23,25-26H,8-10,15-17,32H2,1-7H3,(H,33,40)(H,34,38);6H,2-5H2,1H3,(H2,8,10)/t20?,23-,25?,26?;6-/m11/s1. The van der Waals surface area contributed by atoms with Gasteiger partial charge in [-0.25, -0.2) is 9.78 Å². The van der Waals surface area contributed by atoms with Gasteiger partial charge in [0.15, 0.2) is 6.10 Å². The van der Waals surface area contributed by atoms with Crippen molar-refractivity contribution >= 4 is 46.8 Å². The molecule has 296 valence electrons. The number of likely N-dealkylation sites (N-methyl/N-ethyl adjacent to an activating group) is 1. The number of carbonyl (C=O) groups is 5. The summed E-state index contributed by atoms with van der Waals surface area (Å²) in [5.41, 5.74) is 12.8. The molecule has 1 fully saturated rings. The largest absolute Gasteiger partial charge is 0.469 e. The number of ether oxygens (including phenoxy) is 2. The Morgan fingerprint density at radius 3 is 2.32 bits per heavy atom. The number of nitrogen functional groups attached to an aromatic ring is 1. The summed E-state index contributed by atoms with van der Waals surface area (Å²) in [5, 5.41) is 7.56. The Morgan fingerprint density at radius 1 is 1.09 bits per heavy atom. The molecule has 1 aromatic carbocycles. The lowest BCUT2D eigenvalue weighted by Crippen LogP contribution is -2.45. The third-order valence-corrected chi connectivity index (χ3v) is 10.4. The topological polar surface area (TPSA) is 199 Å². The molecule has 15 heteroatoms. The number of likely N-dealkylation sites (tertiary alicyclic amines) is 1. The Kier molecular flexibility index (Phi) is 19.3. The van der Waals surface area contributed by atoms with Crippen molar-refractivity contribution in [3.8, 4) is 0 Å². The highest BCUT2D eigenvalue weighted by atomic mass is 32.1. The molecule has 4 amide bonds. The van der Waals surface area contributed by atoms with E-state index in [1.165, 1.54) is 31.9 Å². The van der Waals surface area contributed by atoms with Gasteiger partial charge in [-0.1, -0.05) is 52.7 Å². The van der Waals surface area contributed by atoms with Gasteiger partial charge in [-0.15, -0.1) is 11.3 Å². The Morgan fingerprint density at radius 2 is 1.77 bits per heavy atom. The predicted octanol–water partition coefficient (Wildman–Crippen LogP) is 4.68. The number of esters is 1. The molecular weight excluding hydrogens is 699 g/mol. The van der Waals surface area contributed by atoms with Gasteiger partial charge in [0.25, 0.3) is 5.91 Å². The third-order valence-electron chi connectivity index (χ3n) is 9.48. The number of nitrogens with two attached hydrogens (primary N) is 2. The first kappa shape index (κ1) is 44.9. The summed E-state index contributed by atoms with van der Waals surface area (Å²) in [6.45, 7) is 8.83. The van der Waals surface area contributed by atoms with Gasteiger partial charge in [-0.05, 0) is 69.3 Å². The number of nitrogens with zero attached hydrogens (tertiary/aromatic N) is 3. The van der Waals surface area contributed by atoms with E-state index in [-0.39, 0.29) is 47.5 Å². The predicted molar refractivity (Wildman–Crippen MR) is 207 cm³/mol. The zero-order valence-corrected chi connectivity index (χ0v) is 33.5. The van der Waals surface area contributed by atoms with Crippen LogP contribution < -0.4 is 22.1 Å². The number of rotatable bonds is 17. The van der Waals surface area contributed by atoms with Crippen LogP contribution in [0.4, 0.5) is 10.5 Å². The molecule has 1 aliphatic heterocycles. The number of hydrogen-bond donors (Lipinski definition) is 4. The molecule has 3 rings (SSSR count). The van der Waals surface area contributed by atoms with Crippen LogP contribution in [0.1, 0.15) is 106 Å². The second-order valence-corrected chi connectivity index (χ2v) is 14.9. The number of primary amides is 1. The lowest BCUT2D eigenvalue weighted by molar-refractivity contribution is -0.145. The number of benzene rings is 1. The maximum Gasteiger partial charge on any atom is 0.407 e. The minimum absolute atomic E-state index is 0.00579. The van der Waals surface area contributed by atoms with Crippen molar-refractivity contribution in [2.24, 2.45) is 17.6 Å². The smallest absolute Gasteiger partial charge is 0.407 e. The van der Waals surface area contributed by atoms with Crippen LogP contribution in [0, 0.1) is 11.8 Å². The van der Waals surface area contributed by atoms with Crippen molar-refractivity contribution in [1.82, 2.24) is 25.4 Å². The lowest BCUT2D eigenvalue weighted by atomic mass is 9.95. The number of piperidine rings is 1. The molecule has 1 aromatic heterocycles. The van der Waals surface area contributed by atoms with Crippen molar-refractivity contribution in [2.75, 3.05) is 40.5 Å². The molecule has 5 atom stereocenters. The maximum absolute atomic E-state index is 13.4. The Labute approximate surface area is 318 Å². The number of nitrogens with one attached hydrogen (secondary N) is 2. The van der Waals surface area contributed by atoms with E-state index >= 15 is 0 Å². The van der Waals surface area contributed by atoms with Crippen LogP contribution in [0.2, 0.25) is 0 Å². The third kappa shape index (κ3) is 15.0. The molecule has 0 saturated carbocycles. The Balaban J connectivity index is 0.000000834. The van der Waals surface area contributed by atoms with Gasteiger partial charge in [0.1, 0.15) is 10.7 Å². The highest BCUT2D eigenvalue weighted by Crippen LogP contribution is 2.31. The fraction of sp³-hybridized carbons (Fsp3) is 0.632. The van der Waals surface area contributed by atoms with Crippen molar-refractivity contribution in [3.63, 3.8) is 0 Å². The molecule has 2 aromatic rings. The average Bonchev–Trinajstić information content (AvgIpc) is 3.63. The number of thiazole rings is 1. The van der Waals surface area contributed by atoms with Gasteiger partial charge >= 0.3 is 12.1 Å². The summed E-state index contributed by atoms with van der Waals surface area (Å²) in [7, 11) is 6.53. The van der Waals surface area contributed by atoms with E-state index in [9.17, 15) is 24.0 Å². The molecule has 0 aliphatic carbocycles. The maximum atomic E-state index is 13.4. The van der Waals surface area contributed by atoms with Gasteiger partial charge < -0.3 is 36.5 Å². The fourth-order valence-electron chi connectivity index (χ4n) is 6.26. The summed E-state index contributed by atoms with van der Waals surface area (Å²) in [6, 6.07) is 6.73. The number of methoxy groups -OCH3 is 1. The quantitative estimate of drug-likeness (QED) is 0.130. The number of alkyl carbamates (subject to hydrolysis) is 1. The zero-order chi connectivity index (χ0) is 39.7. The molecule has 3 unspecified atom stereocenters. The first-order valence-electron chi connectivity index (χ1n) is 18.4. The van der Waals surface area contributed by atoms with Gasteiger partial charge in [0.2, 0.25) is 11.8 Å². The molecule has 2 heterocycles. The summed E-state index contributed by atoms with van der Waals surface area (Å²) < 4.78 is 10.6. The number of unbranched alkanes of at least 4 members (excludes halogenated alkanes) is 1. The molecule has 0 bridgehead atoms. The van der Waals surface area contributed by atoms with Gasteiger partial charge in [-0.2, -0.15) is 0 Å². The number of amides is 4. The molecule has 0 radical (unpaired) electrons. The van der Waals surface area contributed by atoms with Crippen molar-refractivity contribution in [1.29, 1.82) is 0 Å². The van der Waals surface area contributed by atoms with Crippen molar-refractivity contribution < 1.29 is 33.4 Å². The second-order valence-electron chi connectivity index (χ2n) is 14.0. The van der Waals surface area contributed by atoms with Crippen LogP contribution in [-0.2, 0) is 30.3 Å². The molecule has 0 spiro atoms. The highest BCUT2D eigenvalue weighted by Gasteiger charge is 2.31. The zero-order valence-electron chi connectivity index (χ0n) is 32.7. The van der Waals surface area contributed by atoms with E-state index in [4.69, 9.17) is 20.9 Å². The molecular formula is C38H61N7O7S.